The SMILES string of the molecule is C[C@H]1NC[C@@H](O)[C@@H](O[C@H]2O[C@H](CO)[C@@H](O)[C@H](O)[C@H]2O)[C@@H]1O. The minimum atomic E-state index is -1.56. The maximum atomic E-state index is 10.0. The second-order valence-corrected chi connectivity index (χ2v) is 5.55. The molecule has 2 aliphatic rings. The van der Waals surface area contributed by atoms with Gasteiger partial charge in [-0.05, 0) is 6.92 Å². The largest absolute Gasteiger partial charge is 0.394 e. The first-order valence-corrected chi connectivity index (χ1v) is 6.92. The molecular formula is C12H23NO8. The van der Waals surface area contributed by atoms with Crippen LogP contribution in [0.5, 0.6) is 0 Å². The van der Waals surface area contributed by atoms with E-state index in [4.69, 9.17) is 14.6 Å². The topological polar surface area (TPSA) is 152 Å². The summed E-state index contributed by atoms with van der Waals surface area (Å²) >= 11 is 0. The molecule has 0 aromatic rings. The Kier molecular flexibility index (Phi) is 5.52. The molecule has 9 heteroatoms. The first-order chi connectivity index (χ1) is 9.86. The number of aliphatic hydroxyl groups excluding tert-OH is 6. The van der Waals surface area contributed by atoms with Crippen LogP contribution in [-0.4, -0.2) is 98.9 Å². The van der Waals surface area contributed by atoms with Crippen molar-refractivity contribution >= 4 is 0 Å². The molecule has 124 valence electrons. The predicted molar refractivity (Wildman–Crippen MR) is 68.1 cm³/mol. The van der Waals surface area contributed by atoms with Crippen LogP contribution in [-0.2, 0) is 9.47 Å². The lowest BCUT2D eigenvalue weighted by atomic mass is 9.96. The zero-order chi connectivity index (χ0) is 15.7. The van der Waals surface area contributed by atoms with Crippen molar-refractivity contribution in [3.63, 3.8) is 0 Å². The van der Waals surface area contributed by atoms with E-state index in [9.17, 15) is 25.5 Å². The second kappa shape index (κ2) is 6.82. The lowest BCUT2D eigenvalue weighted by molar-refractivity contribution is -0.326. The van der Waals surface area contributed by atoms with E-state index < -0.39 is 55.6 Å². The summed E-state index contributed by atoms with van der Waals surface area (Å²) in [6.07, 6.45) is -10.2. The molecule has 9 nitrogen and oxygen atoms in total. The minimum absolute atomic E-state index is 0.195. The zero-order valence-corrected chi connectivity index (χ0v) is 11.6. The fourth-order valence-electron chi connectivity index (χ4n) is 2.56. The van der Waals surface area contributed by atoms with Gasteiger partial charge in [-0.2, -0.15) is 0 Å². The van der Waals surface area contributed by atoms with E-state index >= 15 is 0 Å². The van der Waals surface area contributed by atoms with Crippen molar-refractivity contribution < 1.29 is 40.1 Å². The smallest absolute Gasteiger partial charge is 0.187 e. The Morgan fingerprint density at radius 2 is 1.71 bits per heavy atom. The van der Waals surface area contributed by atoms with Gasteiger partial charge in [0.2, 0.25) is 0 Å². The Labute approximate surface area is 121 Å². The normalized spacial score (nSPS) is 51.9. The molecule has 2 saturated heterocycles. The number of nitrogens with one attached hydrogen (secondary N) is 1. The zero-order valence-electron chi connectivity index (χ0n) is 11.6. The molecular weight excluding hydrogens is 286 g/mol. The number of aliphatic hydroxyl groups is 6. The monoisotopic (exact) mass is 309 g/mol. The standard InChI is InChI=1S/C12H23NO8/c1-4-7(16)11(5(15)2-13-4)21-12-10(19)9(18)8(17)6(3-14)20-12/h4-19H,2-3H2,1H3/t4-,5-,6-,7-,8-,9+,10-,11-,12-/m1/s1. The highest BCUT2D eigenvalue weighted by molar-refractivity contribution is 4.94. The number of hydrogen-bond donors (Lipinski definition) is 7. The van der Waals surface area contributed by atoms with Gasteiger partial charge in [0.25, 0.3) is 0 Å². The van der Waals surface area contributed by atoms with Crippen LogP contribution in [0.3, 0.4) is 0 Å². The van der Waals surface area contributed by atoms with Crippen LogP contribution in [0.4, 0.5) is 0 Å². The first kappa shape index (κ1) is 17.0. The van der Waals surface area contributed by atoms with Gasteiger partial charge in [0.15, 0.2) is 6.29 Å². The average molecular weight is 309 g/mol. The van der Waals surface area contributed by atoms with Crippen molar-refractivity contribution in [2.45, 2.75) is 62.0 Å². The van der Waals surface area contributed by atoms with Gasteiger partial charge in [0.1, 0.15) is 30.5 Å². The molecule has 2 rings (SSSR count). The Hall–Kier alpha value is -0.360. The Morgan fingerprint density at radius 3 is 2.33 bits per heavy atom. The maximum Gasteiger partial charge on any atom is 0.187 e. The Morgan fingerprint density at radius 1 is 1.05 bits per heavy atom. The van der Waals surface area contributed by atoms with Crippen LogP contribution in [0.25, 0.3) is 0 Å². The summed E-state index contributed by atoms with van der Waals surface area (Å²) in [5.74, 6) is 0. The van der Waals surface area contributed by atoms with Gasteiger partial charge in [-0.25, -0.2) is 0 Å². The quantitative estimate of drug-likeness (QED) is 0.276. The van der Waals surface area contributed by atoms with Gasteiger partial charge in [0, 0.05) is 12.6 Å². The highest BCUT2D eigenvalue weighted by Crippen LogP contribution is 2.25. The van der Waals surface area contributed by atoms with Crippen molar-refractivity contribution in [3.05, 3.63) is 0 Å². The van der Waals surface area contributed by atoms with Gasteiger partial charge in [-0.15, -0.1) is 0 Å². The molecule has 0 spiro atoms. The molecule has 2 heterocycles. The van der Waals surface area contributed by atoms with E-state index in [-0.39, 0.29) is 12.6 Å². The van der Waals surface area contributed by atoms with E-state index in [0.29, 0.717) is 0 Å². The highest BCUT2D eigenvalue weighted by Gasteiger charge is 2.47. The highest BCUT2D eigenvalue weighted by atomic mass is 16.7. The molecule has 9 atom stereocenters. The Bertz CT molecular complexity index is 343. The van der Waals surface area contributed by atoms with Crippen LogP contribution in [0.15, 0.2) is 0 Å². The lowest BCUT2D eigenvalue weighted by Crippen LogP contribution is -2.64. The molecule has 0 radical (unpaired) electrons. The first-order valence-electron chi connectivity index (χ1n) is 6.92. The number of hydrogen-bond acceptors (Lipinski definition) is 9. The van der Waals surface area contributed by atoms with E-state index in [1.807, 2.05) is 0 Å². The average Bonchev–Trinajstić information content (AvgIpc) is 2.47. The third-order valence-electron chi connectivity index (χ3n) is 4.02. The summed E-state index contributed by atoms with van der Waals surface area (Å²) in [5, 5.41) is 61.1. The van der Waals surface area contributed by atoms with E-state index in [2.05, 4.69) is 5.32 Å². The van der Waals surface area contributed by atoms with Gasteiger partial charge in [-0.3, -0.25) is 0 Å². The van der Waals surface area contributed by atoms with E-state index in [1.165, 1.54) is 0 Å². The van der Waals surface area contributed by atoms with Crippen LogP contribution < -0.4 is 5.32 Å². The lowest BCUT2D eigenvalue weighted by Gasteiger charge is -2.44. The van der Waals surface area contributed by atoms with Crippen molar-refractivity contribution in [1.82, 2.24) is 5.32 Å². The summed E-state index contributed by atoms with van der Waals surface area (Å²) in [7, 11) is 0. The third-order valence-corrected chi connectivity index (χ3v) is 4.02. The molecule has 0 aliphatic carbocycles. The van der Waals surface area contributed by atoms with Gasteiger partial charge < -0.3 is 45.4 Å². The molecule has 0 aromatic heterocycles. The molecule has 0 amide bonds. The predicted octanol–water partition coefficient (Wildman–Crippen LogP) is -4.11. The fourth-order valence-corrected chi connectivity index (χ4v) is 2.56. The number of β-amino-alcohol motifs (C(OH)–C–C–N with tert-alkyl or cyclic N) is 1. The maximum absolute atomic E-state index is 10.0. The summed E-state index contributed by atoms with van der Waals surface area (Å²) < 4.78 is 10.6. The molecule has 0 aromatic carbocycles. The molecule has 0 saturated carbocycles. The van der Waals surface area contributed by atoms with Crippen LogP contribution in [0, 0.1) is 0 Å². The van der Waals surface area contributed by atoms with Crippen molar-refractivity contribution in [3.8, 4) is 0 Å². The van der Waals surface area contributed by atoms with Crippen LogP contribution >= 0.6 is 0 Å². The number of piperidine rings is 1. The van der Waals surface area contributed by atoms with Crippen molar-refractivity contribution in [2.24, 2.45) is 0 Å². The number of ether oxygens (including phenoxy) is 2. The second-order valence-electron chi connectivity index (χ2n) is 5.55. The van der Waals surface area contributed by atoms with Gasteiger partial charge >= 0.3 is 0 Å². The summed E-state index contributed by atoms with van der Waals surface area (Å²) in [6.45, 7) is 1.33. The van der Waals surface area contributed by atoms with Crippen LogP contribution in [0.1, 0.15) is 6.92 Å². The third kappa shape index (κ3) is 3.36. The van der Waals surface area contributed by atoms with Gasteiger partial charge in [0.05, 0.1) is 18.8 Å². The molecule has 2 fully saturated rings. The minimum Gasteiger partial charge on any atom is -0.394 e. The molecule has 2 aliphatic heterocycles. The molecule has 0 bridgehead atoms. The van der Waals surface area contributed by atoms with Gasteiger partial charge in [-0.1, -0.05) is 0 Å². The molecule has 21 heavy (non-hydrogen) atoms. The molecule has 0 unspecified atom stereocenters. The van der Waals surface area contributed by atoms with Crippen molar-refractivity contribution in [2.75, 3.05) is 13.2 Å². The van der Waals surface area contributed by atoms with E-state index in [1.54, 1.807) is 6.92 Å². The summed E-state index contributed by atoms with van der Waals surface area (Å²) in [5.41, 5.74) is 0. The summed E-state index contributed by atoms with van der Waals surface area (Å²) in [6, 6.07) is -0.330. The van der Waals surface area contributed by atoms with E-state index in [0.717, 1.165) is 0 Å². The number of rotatable bonds is 3. The molecule has 7 N–H and O–H groups in total. The van der Waals surface area contributed by atoms with Crippen LogP contribution in [0.2, 0.25) is 0 Å². The van der Waals surface area contributed by atoms with Crippen molar-refractivity contribution in [1.29, 1.82) is 0 Å². The fraction of sp³-hybridized carbons (Fsp3) is 1.00. The Balaban J connectivity index is 2.06. The summed E-state index contributed by atoms with van der Waals surface area (Å²) in [4.78, 5) is 0.